The van der Waals surface area contributed by atoms with Crippen LogP contribution in [0.25, 0.3) is 0 Å². The second-order valence-corrected chi connectivity index (χ2v) is 4.85. The van der Waals surface area contributed by atoms with Crippen molar-refractivity contribution in [2.75, 3.05) is 5.32 Å². The largest absolute Gasteiger partial charge is 0.319 e. The molecule has 0 fully saturated rings. The Morgan fingerprint density at radius 3 is 2.37 bits per heavy atom. The van der Waals surface area contributed by atoms with E-state index in [4.69, 9.17) is 23.2 Å². The molecule has 2 aromatic carbocycles. The molecule has 98 valence electrons. The average Bonchev–Trinajstić information content (AvgIpc) is 2.33. The van der Waals surface area contributed by atoms with E-state index in [9.17, 15) is 9.18 Å². The van der Waals surface area contributed by atoms with Gasteiger partial charge >= 0.3 is 0 Å². The Morgan fingerprint density at radius 1 is 1.16 bits per heavy atom. The topological polar surface area (TPSA) is 29.1 Å². The number of aryl methyl sites for hydroxylation is 1. The summed E-state index contributed by atoms with van der Waals surface area (Å²) in [7, 11) is 0. The zero-order valence-electron chi connectivity index (χ0n) is 10.0. The van der Waals surface area contributed by atoms with Crippen LogP contribution in [0.15, 0.2) is 36.4 Å². The highest BCUT2D eigenvalue weighted by Gasteiger charge is 2.14. The van der Waals surface area contributed by atoms with Gasteiger partial charge in [0.1, 0.15) is 5.82 Å². The highest BCUT2D eigenvalue weighted by atomic mass is 35.5. The summed E-state index contributed by atoms with van der Waals surface area (Å²) in [6, 6.07) is 9.22. The maximum Gasteiger partial charge on any atom is 0.258 e. The molecule has 1 amide bonds. The number of halogens is 3. The minimum Gasteiger partial charge on any atom is -0.319 e. The van der Waals surface area contributed by atoms with Crippen LogP contribution in [0.2, 0.25) is 10.0 Å². The fourth-order valence-electron chi connectivity index (χ4n) is 1.60. The lowest BCUT2D eigenvalue weighted by molar-refractivity contribution is 0.102. The lowest BCUT2D eigenvalue weighted by Gasteiger charge is -2.09. The van der Waals surface area contributed by atoms with Crippen LogP contribution in [-0.2, 0) is 0 Å². The first-order valence-corrected chi connectivity index (χ1v) is 6.26. The second-order valence-electron chi connectivity index (χ2n) is 4.03. The van der Waals surface area contributed by atoms with Crippen LogP contribution in [-0.4, -0.2) is 5.91 Å². The summed E-state index contributed by atoms with van der Waals surface area (Å²) >= 11 is 11.9. The molecule has 0 aliphatic heterocycles. The van der Waals surface area contributed by atoms with Gasteiger partial charge in [0.2, 0.25) is 0 Å². The third-order valence-electron chi connectivity index (χ3n) is 2.57. The highest BCUT2D eigenvalue weighted by Crippen LogP contribution is 2.30. The van der Waals surface area contributed by atoms with Crippen LogP contribution in [0, 0.1) is 12.7 Å². The van der Waals surface area contributed by atoms with E-state index in [-0.39, 0.29) is 11.3 Å². The molecule has 0 spiro atoms. The Kier molecular flexibility index (Phi) is 4.08. The molecule has 0 radical (unpaired) electrons. The molecule has 5 heteroatoms. The third-order valence-corrected chi connectivity index (χ3v) is 3.20. The molecule has 19 heavy (non-hydrogen) atoms. The minimum atomic E-state index is -0.590. The molecule has 2 aromatic rings. The van der Waals surface area contributed by atoms with Gasteiger partial charge < -0.3 is 5.32 Å². The van der Waals surface area contributed by atoms with Crippen LogP contribution >= 0.6 is 23.2 Å². The highest BCUT2D eigenvalue weighted by molar-refractivity contribution is 6.40. The standard InChI is InChI=1S/C14H10Cl2FNO/c1-8-5-6-9(12(17)7-8)14(19)18-13-10(15)3-2-4-11(13)16/h2-7H,1H3,(H,18,19). The monoisotopic (exact) mass is 297 g/mol. The Labute approximate surface area is 120 Å². The molecular formula is C14H10Cl2FNO. The first-order chi connectivity index (χ1) is 8.99. The second kappa shape index (κ2) is 5.59. The van der Waals surface area contributed by atoms with Gasteiger partial charge in [-0.2, -0.15) is 0 Å². The number of rotatable bonds is 2. The van der Waals surface area contributed by atoms with Gasteiger partial charge in [-0.05, 0) is 36.8 Å². The summed E-state index contributed by atoms with van der Waals surface area (Å²) in [5.74, 6) is -1.17. The minimum absolute atomic E-state index is 0.0541. The van der Waals surface area contributed by atoms with Crippen molar-refractivity contribution >= 4 is 34.8 Å². The lowest BCUT2D eigenvalue weighted by atomic mass is 10.1. The zero-order valence-corrected chi connectivity index (χ0v) is 11.5. The van der Waals surface area contributed by atoms with Gasteiger partial charge in [0, 0.05) is 0 Å². The molecule has 2 nitrogen and oxygen atoms in total. The van der Waals surface area contributed by atoms with Crippen molar-refractivity contribution in [3.8, 4) is 0 Å². The SMILES string of the molecule is Cc1ccc(C(=O)Nc2c(Cl)cccc2Cl)c(F)c1. The van der Waals surface area contributed by atoms with Crippen molar-refractivity contribution in [3.05, 3.63) is 63.4 Å². The smallest absolute Gasteiger partial charge is 0.258 e. The lowest BCUT2D eigenvalue weighted by Crippen LogP contribution is -2.14. The Morgan fingerprint density at radius 2 is 1.79 bits per heavy atom. The van der Waals surface area contributed by atoms with Crippen LogP contribution in [0.3, 0.4) is 0 Å². The summed E-state index contributed by atoms with van der Waals surface area (Å²) in [6.07, 6.45) is 0. The van der Waals surface area contributed by atoms with E-state index in [1.54, 1.807) is 31.2 Å². The van der Waals surface area contributed by atoms with Crippen molar-refractivity contribution in [1.82, 2.24) is 0 Å². The average molecular weight is 298 g/mol. The quantitative estimate of drug-likeness (QED) is 0.856. The molecular weight excluding hydrogens is 288 g/mol. The summed E-state index contributed by atoms with van der Waals surface area (Å²) in [5, 5.41) is 3.11. The number of nitrogens with one attached hydrogen (secondary N) is 1. The molecule has 0 atom stereocenters. The Hall–Kier alpha value is -1.58. The molecule has 0 saturated heterocycles. The molecule has 0 heterocycles. The van der Waals surface area contributed by atoms with Crippen LogP contribution in [0.4, 0.5) is 10.1 Å². The molecule has 0 aromatic heterocycles. The predicted molar refractivity (Wildman–Crippen MR) is 75.6 cm³/mol. The fraction of sp³-hybridized carbons (Fsp3) is 0.0714. The van der Waals surface area contributed by atoms with Gasteiger partial charge in [-0.25, -0.2) is 4.39 Å². The van der Waals surface area contributed by atoms with Crippen LogP contribution < -0.4 is 5.32 Å². The predicted octanol–water partition coefficient (Wildman–Crippen LogP) is 4.69. The van der Waals surface area contributed by atoms with E-state index in [1.807, 2.05) is 0 Å². The van der Waals surface area contributed by atoms with Crippen molar-refractivity contribution in [2.45, 2.75) is 6.92 Å². The number of anilines is 1. The molecule has 0 aliphatic rings. The van der Waals surface area contributed by atoms with Crippen molar-refractivity contribution in [3.63, 3.8) is 0 Å². The van der Waals surface area contributed by atoms with Crippen molar-refractivity contribution in [2.24, 2.45) is 0 Å². The third kappa shape index (κ3) is 3.06. The maximum atomic E-state index is 13.7. The van der Waals surface area contributed by atoms with E-state index in [2.05, 4.69) is 5.32 Å². The van der Waals surface area contributed by atoms with E-state index in [0.29, 0.717) is 10.0 Å². The van der Waals surface area contributed by atoms with Gasteiger partial charge in [-0.1, -0.05) is 35.3 Å². The van der Waals surface area contributed by atoms with E-state index >= 15 is 0 Å². The number of carbonyl (C=O) groups excluding carboxylic acids is 1. The number of benzene rings is 2. The fourth-order valence-corrected chi connectivity index (χ4v) is 2.09. The van der Waals surface area contributed by atoms with Gasteiger partial charge in [0.05, 0.1) is 21.3 Å². The van der Waals surface area contributed by atoms with Gasteiger partial charge in [0.15, 0.2) is 0 Å². The maximum absolute atomic E-state index is 13.7. The molecule has 1 N–H and O–H groups in total. The summed E-state index contributed by atoms with van der Waals surface area (Å²) in [4.78, 5) is 12.0. The normalized spacial score (nSPS) is 10.3. The first kappa shape index (κ1) is 13.8. The van der Waals surface area contributed by atoms with E-state index < -0.39 is 11.7 Å². The molecule has 0 unspecified atom stereocenters. The number of carbonyl (C=O) groups is 1. The number of amides is 1. The number of para-hydroxylation sites is 1. The number of hydrogen-bond acceptors (Lipinski definition) is 1. The zero-order chi connectivity index (χ0) is 14.0. The molecule has 2 rings (SSSR count). The van der Waals surface area contributed by atoms with E-state index in [0.717, 1.165) is 5.56 Å². The summed E-state index contributed by atoms with van der Waals surface area (Å²) in [5.41, 5.74) is 0.960. The van der Waals surface area contributed by atoms with Crippen LogP contribution in [0.1, 0.15) is 15.9 Å². The molecule has 0 bridgehead atoms. The summed E-state index contributed by atoms with van der Waals surface area (Å²) < 4.78 is 13.7. The Bertz CT molecular complexity index is 623. The number of hydrogen-bond donors (Lipinski definition) is 1. The van der Waals surface area contributed by atoms with Gasteiger partial charge in [0.25, 0.3) is 5.91 Å². The van der Waals surface area contributed by atoms with Crippen LogP contribution in [0.5, 0.6) is 0 Å². The summed E-state index contributed by atoms with van der Waals surface area (Å²) in [6.45, 7) is 1.75. The van der Waals surface area contributed by atoms with Gasteiger partial charge in [-0.3, -0.25) is 4.79 Å². The van der Waals surface area contributed by atoms with Crippen molar-refractivity contribution < 1.29 is 9.18 Å². The van der Waals surface area contributed by atoms with Crippen molar-refractivity contribution in [1.29, 1.82) is 0 Å². The Balaban J connectivity index is 2.31. The van der Waals surface area contributed by atoms with Gasteiger partial charge in [-0.15, -0.1) is 0 Å². The molecule has 0 saturated carbocycles. The first-order valence-electron chi connectivity index (χ1n) is 5.50. The molecule has 0 aliphatic carbocycles. The van der Waals surface area contributed by atoms with E-state index in [1.165, 1.54) is 12.1 Å².